The maximum Gasteiger partial charge on any atom is 0.243 e. The SMILES string of the molecule is COC1CN(C2CCN(S(=O)(=O)c3cccc(F)c3)CC2)C1c1cccnc1. The van der Waals surface area contributed by atoms with E-state index in [9.17, 15) is 12.8 Å². The molecule has 6 nitrogen and oxygen atoms in total. The van der Waals surface area contributed by atoms with Crippen molar-refractivity contribution in [2.45, 2.75) is 35.9 Å². The Kier molecular flexibility index (Phi) is 5.46. The number of methoxy groups -OCH3 is 1. The van der Waals surface area contributed by atoms with Crippen molar-refractivity contribution < 1.29 is 17.5 Å². The van der Waals surface area contributed by atoms with Crippen molar-refractivity contribution in [2.75, 3.05) is 26.7 Å². The first-order valence-corrected chi connectivity index (χ1v) is 10.9. The standard InChI is InChI=1S/C20H24FN3O3S/c1-27-19-14-24(20(19)15-4-3-9-22-13-15)17-7-10-23(11-8-17)28(25,26)18-6-2-5-16(21)12-18/h2-6,9,12-13,17,19-20H,7-8,10-11,14H2,1H3. The number of hydrogen-bond acceptors (Lipinski definition) is 5. The molecule has 0 amide bonds. The fourth-order valence-electron chi connectivity index (χ4n) is 4.22. The molecule has 2 aromatic rings. The van der Waals surface area contributed by atoms with Crippen LogP contribution in [0, 0.1) is 5.82 Å². The van der Waals surface area contributed by atoms with Crippen molar-refractivity contribution in [2.24, 2.45) is 0 Å². The lowest BCUT2D eigenvalue weighted by Crippen LogP contribution is -2.60. The second-order valence-electron chi connectivity index (χ2n) is 7.29. The molecule has 2 fully saturated rings. The summed E-state index contributed by atoms with van der Waals surface area (Å²) in [6, 6.07) is 9.62. The Morgan fingerprint density at radius 3 is 2.61 bits per heavy atom. The highest BCUT2D eigenvalue weighted by atomic mass is 32.2. The van der Waals surface area contributed by atoms with E-state index in [2.05, 4.69) is 16.0 Å². The summed E-state index contributed by atoms with van der Waals surface area (Å²) in [5.74, 6) is -0.540. The molecule has 1 aromatic carbocycles. The first kappa shape index (κ1) is 19.4. The van der Waals surface area contributed by atoms with Crippen LogP contribution < -0.4 is 0 Å². The van der Waals surface area contributed by atoms with Crippen LogP contribution >= 0.6 is 0 Å². The molecule has 28 heavy (non-hydrogen) atoms. The summed E-state index contributed by atoms with van der Waals surface area (Å²) in [6.07, 6.45) is 5.22. The molecular formula is C20H24FN3O3S. The van der Waals surface area contributed by atoms with Crippen LogP contribution in [-0.2, 0) is 14.8 Å². The largest absolute Gasteiger partial charge is 0.378 e. The number of pyridine rings is 1. The minimum Gasteiger partial charge on any atom is -0.378 e. The van der Waals surface area contributed by atoms with Gasteiger partial charge in [-0.2, -0.15) is 4.31 Å². The lowest BCUT2D eigenvalue weighted by atomic mass is 9.88. The van der Waals surface area contributed by atoms with Gasteiger partial charge in [0.1, 0.15) is 5.82 Å². The third-order valence-electron chi connectivity index (χ3n) is 5.76. The molecule has 2 unspecified atom stereocenters. The summed E-state index contributed by atoms with van der Waals surface area (Å²) in [5, 5.41) is 0. The lowest BCUT2D eigenvalue weighted by molar-refractivity contribution is -0.114. The Labute approximate surface area is 165 Å². The van der Waals surface area contributed by atoms with E-state index in [-0.39, 0.29) is 23.1 Å². The van der Waals surface area contributed by atoms with Crippen molar-refractivity contribution in [3.05, 3.63) is 60.2 Å². The van der Waals surface area contributed by atoms with Gasteiger partial charge in [-0.05, 0) is 42.7 Å². The van der Waals surface area contributed by atoms with Crippen LogP contribution in [0.3, 0.4) is 0 Å². The van der Waals surface area contributed by atoms with Gasteiger partial charge in [0.05, 0.1) is 17.0 Å². The zero-order valence-electron chi connectivity index (χ0n) is 15.7. The van der Waals surface area contributed by atoms with E-state index in [1.807, 2.05) is 12.3 Å². The average Bonchev–Trinajstić information content (AvgIpc) is 2.69. The molecule has 2 saturated heterocycles. The molecule has 0 bridgehead atoms. The Balaban J connectivity index is 1.44. The molecule has 1 aromatic heterocycles. The van der Waals surface area contributed by atoms with E-state index < -0.39 is 15.8 Å². The summed E-state index contributed by atoms with van der Waals surface area (Å²) in [7, 11) is -1.94. The molecule has 8 heteroatoms. The number of halogens is 1. The van der Waals surface area contributed by atoms with Crippen LogP contribution in [-0.4, -0.2) is 61.5 Å². The number of ether oxygens (including phenoxy) is 1. The summed E-state index contributed by atoms with van der Waals surface area (Å²) in [5.41, 5.74) is 1.12. The normalized spacial score (nSPS) is 24.8. The van der Waals surface area contributed by atoms with Crippen molar-refractivity contribution in [1.29, 1.82) is 0 Å². The molecule has 2 aliphatic rings. The lowest BCUT2D eigenvalue weighted by Gasteiger charge is -2.52. The molecule has 0 N–H and O–H groups in total. The minimum atomic E-state index is -3.66. The molecule has 2 atom stereocenters. The number of rotatable bonds is 5. The molecule has 2 aliphatic heterocycles. The maximum atomic E-state index is 13.5. The predicted molar refractivity (Wildman–Crippen MR) is 103 cm³/mol. The molecule has 0 saturated carbocycles. The van der Waals surface area contributed by atoms with Crippen molar-refractivity contribution in [1.82, 2.24) is 14.2 Å². The van der Waals surface area contributed by atoms with Gasteiger partial charge in [-0.25, -0.2) is 12.8 Å². The van der Waals surface area contributed by atoms with Gasteiger partial charge in [-0.1, -0.05) is 12.1 Å². The van der Waals surface area contributed by atoms with Crippen LogP contribution in [0.5, 0.6) is 0 Å². The zero-order valence-corrected chi connectivity index (χ0v) is 16.6. The highest BCUT2D eigenvalue weighted by molar-refractivity contribution is 7.89. The third-order valence-corrected chi connectivity index (χ3v) is 7.65. The molecule has 3 heterocycles. The fourth-order valence-corrected chi connectivity index (χ4v) is 5.73. The maximum absolute atomic E-state index is 13.5. The van der Waals surface area contributed by atoms with E-state index in [4.69, 9.17) is 4.74 Å². The van der Waals surface area contributed by atoms with Gasteiger partial charge in [0.2, 0.25) is 10.0 Å². The third kappa shape index (κ3) is 3.57. The monoisotopic (exact) mass is 405 g/mol. The fraction of sp³-hybridized carbons (Fsp3) is 0.450. The van der Waals surface area contributed by atoms with E-state index in [1.54, 1.807) is 13.3 Å². The summed E-state index contributed by atoms with van der Waals surface area (Å²) < 4.78 is 46.1. The van der Waals surface area contributed by atoms with E-state index in [0.29, 0.717) is 13.1 Å². The van der Waals surface area contributed by atoms with Gasteiger partial charge in [-0.15, -0.1) is 0 Å². The molecule has 0 spiro atoms. The van der Waals surface area contributed by atoms with Crippen LogP contribution in [0.15, 0.2) is 53.7 Å². The van der Waals surface area contributed by atoms with E-state index >= 15 is 0 Å². The average molecular weight is 405 g/mol. The number of aromatic nitrogens is 1. The molecule has 150 valence electrons. The number of benzene rings is 1. The number of hydrogen-bond donors (Lipinski definition) is 0. The van der Waals surface area contributed by atoms with Crippen LogP contribution in [0.1, 0.15) is 24.4 Å². The summed E-state index contributed by atoms with van der Waals surface area (Å²) >= 11 is 0. The molecule has 0 aliphatic carbocycles. The second kappa shape index (κ2) is 7.87. The van der Waals surface area contributed by atoms with E-state index in [1.165, 1.54) is 22.5 Å². The van der Waals surface area contributed by atoms with Crippen molar-refractivity contribution in [3.63, 3.8) is 0 Å². The Bertz CT molecular complexity index is 917. The van der Waals surface area contributed by atoms with Gasteiger partial charge in [0, 0.05) is 45.2 Å². The molecule has 4 rings (SSSR count). The molecule has 0 radical (unpaired) electrons. The van der Waals surface area contributed by atoms with Crippen LogP contribution in [0.2, 0.25) is 0 Å². The quantitative estimate of drug-likeness (QED) is 0.765. The minimum absolute atomic E-state index is 0.0163. The highest BCUT2D eigenvalue weighted by Crippen LogP contribution is 2.39. The summed E-state index contributed by atoms with van der Waals surface area (Å²) in [6.45, 7) is 1.69. The van der Waals surface area contributed by atoms with Gasteiger partial charge in [-0.3, -0.25) is 9.88 Å². The number of sulfonamides is 1. The van der Waals surface area contributed by atoms with Crippen LogP contribution in [0.4, 0.5) is 4.39 Å². The van der Waals surface area contributed by atoms with Crippen molar-refractivity contribution in [3.8, 4) is 0 Å². The zero-order chi connectivity index (χ0) is 19.7. The summed E-state index contributed by atoms with van der Waals surface area (Å²) in [4.78, 5) is 6.62. The first-order valence-electron chi connectivity index (χ1n) is 9.45. The van der Waals surface area contributed by atoms with Crippen LogP contribution in [0.25, 0.3) is 0 Å². The first-order chi connectivity index (χ1) is 13.5. The Morgan fingerprint density at radius 2 is 1.96 bits per heavy atom. The topological polar surface area (TPSA) is 62.7 Å². The van der Waals surface area contributed by atoms with Gasteiger partial charge in [0.25, 0.3) is 0 Å². The van der Waals surface area contributed by atoms with Gasteiger partial charge < -0.3 is 4.74 Å². The number of nitrogens with zero attached hydrogens (tertiary/aromatic N) is 3. The second-order valence-corrected chi connectivity index (χ2v) is 9.23. The van der Waals surface area contributed by atoms with E-state index in [0.717, 1.165) is 31.0 Å². The Morgan fingerprint density at radius 1 is 1.18 bits per heavy atom. The molecular weight excluding hydrogens is 381 g/mol. The number of piperidine rings is 1. The predicted octanol–water partition coefficient (Wildman–Crippen LogP) is 2.45. The Hall–Kier alpha value is -1.87. The van der Waals surface area contributed by atoms with Crippen molar-refractivity contribution >= 4 is 10.0 Å². The number of likely N-dealkylation sites (tertiary alicyclic amines) is 1. The van der Waals surface area contributed by atoms with Gasteiger partial charge >= 0.3 is 0 Å². The smallest absolute Gasteiger partial charge is 0.243 e. The highest BCUT2D eigenvalue weighted by Gasteiger charge is 2.45. The van der Waals surface area contributed by atoms with Gasteiger partial charge in [0.15, 0.2) is 0 Å².